The van der Waals surface area contributed by atoms with Gasteiger partial charge in [-0.2, -0.15) is 0 Å². The summed E-state index contributed by atoms with van der Waals surface area (Å²) in [5.74, 6) is -6.40. The predicted molar refractivity (Wildman–Crippen MR) is 52.5 cm³/mol. The number of azo groups is 1. The van der Waals surface area contributed by atoms with Gasteiger partial charge in [-0.05, 0) is 21.0 Å². The van der Waals surface area contributed by atoms with Crippen LogP contribution in [-0.2, 0) is 0 Å². The Morgan fingerprint density at radius 1 is 1.05 bits per heavy atom. The van der Waals surface area contributed by atoms with E-state index >= 15 is 0 Å². The van der Waals surface area contributed by atoms with Crippen LogP contribution in [0.3, 0.4) is 0 Å². The lowest BCUT2D eigenvalue weighted by atomic mass is 10.6. The third-order valence-corrected chi connectivity index (χ3v) is 1.77. The molecule has 0 saturated heterocycles. The van der Waals surface area contributed by atoms with Gasteiger partial charge in [0, 0.05) is 4.91 Å². The lowest BCUT2D eigenvalue weighted by molar-refractivity contribution is -1.12. The van der Waals surface area contributed by atoms with E-state index in [1.54, 1.807) is 0 Å². The third-order valence-electron chi connectivity index (χ3n) is 1.77. The molecular weight excluding hydrogens is 304 g/mol. The van der Waals surface area contributed by atoms with Gasteiger partial charge in [-0.3, -0.25) is 0 Å². The summed E-state index contributed by atoms with van der Waals surface area (Å²) in [6, 6.07) is 0. The minimum Gasteiger partial charge on any atom is -0.582 e. The van der Waals surface area contributed by atoms with Crippen LogP contribution in [0, 0.1) is 35.6 Å². The fourth-order valence-corrected chi connectivity index (χ4v) is 0.910. The smallest absolute Gasteiger partial charge is 0.582 e. The van der Waals surface area contributed by atoms with Gasteiger partial charge in [0.15, 0.2) is 0 Å². The molecule has 0 saturated carbocycles. The zero-order valence-corrected chi connectivity index (χ0v) is 9.24. The number of rotatable bonds is 6. The summed E-state index contributed by atoms with van der Waals surface area (Å²) in [5, 5.41) is 54.2. The van der Waals surface area contributed by atoms with Gasteiger partial charge in [-0.15, -0.1) is 0 Å². The van der Waals surface area contributed by atoms with Crippen molar-refractivity contribution in [2.45, 2.75) is 5.91 Å². The van der Waals surface area contributed by atoms with Crippen molar-refractivity contribution in [2.24, 2.45) is 10.2 Å². The van der Waals surface area contributed by atoms with Crippen molar-refractivity contribution in [1.82, 2.24) is 10.3 Å². The Bertz CT molecular complexity index is 646. The highest BCUT2D eigenvalue weighted by Crippen LogP contribution is 2.25. The van der Waals surface area contributed by atoms with Gasteiger partial charge in [-0.1, -0.05) is 0 Å². The molecule has 1 heterocycles. The zero-order chi connectivity index (χ0) is 16.2. The summed E-state index contributed by atoms with van der Waals surface area (Å²) in [5.41, 5.74) is 8.11. The van der Waals surface area contributed by atoms with Crippen LogP contribution in [0.4, 0.5) is 11.6 Å². The molecule has 0 fully saturated rings. The van der Waals surface area contributed by atoms with Crippen LogP contribution < -0.4 is 0 Å². The Kier molecular flexibility index (Phi) is 3.85. The average Bonchev–Trinajstić information content (AvgIpc) is 2.76. The quantitative estimate of drug-likeness (QED) is 0.129. The Morgan fingerprint density at radius 3 is 1.95 bits per heavy atom. The molecule has 1 aromatic rings. The van der Waals surface area contributed by atoms with E-state index < -0.39 is 37.2 Å². The molecule has 0 N–H and O–H groups in total. The first kappa shape index (κ1) is 15.1. The van der Waals surface area contributed by atoms with Crippen molar-refractivity contribution in [1.29, 1.82) is 0 Å². The molecule has 0 bridgehead atoms. The molecule has 0 aliphatic carbocycles. The first-order valence-corrected chi connectivity index (χ1v) is 4.28. The van der Waals surface area contributed by atoms with Gasteiger partial charge in [0.25, 0.3) is 20.6 Å². The fraction of sp³-hybridized carbons (Fsp3) is 0.333. The second-order valence-electron chi connectivity index (χ2n) is 2.85. The van der Waals surface area contributed by atoms with E-state index in [9.17, 15) is 35.6 Å². The first-order chi connectivity index (χ1) is 9.78. The lowest BCUT2D eigenvalue weighted by Crippen LogP contribution is -2.59. The molecular formula is C3N10O8. The van der Waals surface area contributed by atoms with Crippen molar-refractivity contribution < 1.29 is 24.3 Å². The van der Waals surface area contributed by atoms with Crippen LogP contribution >= 0.6 is 0 Å². The Labute approximate surface area is 109 Å². The Balaban J connectivity index is 3.52. The Morgan fingerprint density at radius 2 is 1.52 bits per heavy atom. The number of hydrogen-bond donors (Lipinski definition) is 0. The van der Waals surface area contributed by atoms with E-state index in [0.717, 1.165) is 0 Å². The molecule has 0 amide bonds. The second-order valence-corrected chi connectivity index (χ2v) is 2.85. The number of hydroxylamine groups is 1. The van der Waals surface area contributed by atoms with Crippen molar-refractivity contribution in [3.05, 3.63) is 46.0 Å². The number of nitrogens with zero attached hydrogens (tertiary/aromatic N) is 10. The predicted octanol–water partition coefficient (Wildman–Crippen LogP) is 0.0468. The average molecular weight is 304 g/mol. The summed E-state index contributed by atoms with van der Waals surface area (Å²) >= 11 is 0. The standard InChI is InChI=1S/C3N10O8/c4-9-5-1-2(8-21-7-1)6-10(14)3(11(15)16,12(17)18)13(19)20. The molecule has 1 aromatic heterocycles. The van der Waals surface area contributed by atoms with E-state index in [1.165, 1.54) is 0 Å². The van der Waals surface area contributed by atoms with Crippen LogP contribution in [0.2, 0.25) is 0 Å². The summed E-state index contributed by atoms with van der Waals surface area (Å²) in [6.45, 7) is 0. The van der Waals surface area contributed by atoms with Crippen LogP contribution in [0.5, 0.6) is 0 Å². The van der Waals surface area contributed by atoms with E-state index in [0.29, 0.717) is 0 Å². The minimum absolute atomic E-state index is 0.817. The molecule has 18 nitrogen and oxygen atoms in total. The monoisotopic (exact) mass is 304 g/mol. The topological polar surface area (TPSA) is 256 Å². The van der Waals surface area contributed by atoms with Gasteiger partial charge in [0.1, 0.15) is 4.86 Å². The van der Waals surface area contributed by atoms with Crippen LogP contribution in [-0.4, -0.2) is 35.9 Å². The van der Waals surface area contributed by atoms with Crippen molar-refractivity contribution in [3.63, 3.8) is 0 Å². The third kappa shape index (κ3) is 2.31. The SMILES string of the molecule is [N-]=[N+]=Nc1nonc1N=[N+]([O-])C([N+](=O)[O-])([N+](=O)[O-])[N+](=O)[O-]. The molecule has 0 aliphatic rings. The molecule has 110 valence electrons. The maximum atomic E-state index is 11.4. The van der Waals surface area contributed by atoms with Crippen molar-refractivity contribution in [3.8, 4) is 0 Å². The molecule has 0 aromatic carbocycles. The van der Waals surface area contributed by atoms with E-state index in [1.807, 2.05) is 0 Å². The molecule has 0 radical (unpaired) electrons. The van der Waals surface area contributed by atoms with Gasteiger partial charge < -0.3 is 5.21 Å². The molecule has 18 heteroatoms. The summed E-state index contributed by atoms with van der Waals surface area (Å²) < 4.78 is 3.96. The number of azide groups is 1. The molecule has 0 unspecified atom stereocenters. The molecule has 0 spiro atoms. The summed E-state index contributed by atoms with van der Waals surface area (Å²) in [4.78, 5) is 26.2. The van der Waals surface area contributed by atoms with Crippen LogP contribution in [0.15, 0.2) is 14.9 Å². The first-order valence-electron chi connectivity index (χ1n) is 4.28. The highest BCUT2D eigenvalue weighted by Gasteiger charge is 2.84. The van der Waals surface area contributed by atoms with Gasteiger partial charge in [-0.25, -0.2) is 35.0 Å². The number of hydrogen-bond acceptors (Lipinski definition) is 12. The molecule has 1 rings (SSSR count). The van der Waals surface area contributed by atoms with Gasteiger partial charge in [0.05, 0.1) is 5.11 Å². The summed E-state index contributed by atoms with van der Waals surface area (Å²) in [6.07, 6.45) is 0. The van der Waals surface area contributed by atoms with Crippen LogP contribution in [0.25, 0.3) is 10.4 Å². The Hall–Kier alpha value is -3.95. The van der Waals surface area contributed by atoms with E-state index in [-0.39, 0.29) is 0 Å². The molecule has 21 heavy (non-hydrogen) atoms. The molecule has 0 atom stereocenters. The van der Waals surface area contributed by atoms with Gasteiger partial charge >= 0.3 is 5.91 Å². The minimum atomic E-state index is -4.55. The number of nitro groups is 3. The fourth-order valence-electron chi connectivity index (χ4n) is 0.910. The highest BCUT2D eigenvalue weighted by atomic mass is 16.8. The zero-order valence-electron chi connectivity index (χ0n) is 9.24. The van der Waals surface area contributed by atoms with Crippen molar-refractivity contribution in [2.75, 3.05) is 0 Å². The normalized spacial score (nSPS) is 11.5. The lowest BCUT2D eigenvalue weighted by Gasteiger charge is -2.03. The molecule has 0 aliphatic heterocycles. The summed E-state index contributed by atoms with van der Waals surface area (Å²) in [7, 11) is 0. The van der Waals surface area contributed by atoms with Crippen LogP contribution in [0.1, 0.15) is 0 Å². The van der Waals surface area contributed by atoms with Crippen molar-refractivity contribution >= 4 is 11.6 Å². The highest BCUT2D eigenvalue weighted by molar-refractivity contribution is 5.46. The largest absolute Gasteiger partial charge is 0.937 e. The number of aromatic nitrogens is 2. The second kappa shape index (κ2) is 5.36. The maximum Gasteiger partial charge on any atom is 0.937 e. The van der Waals surface area contributed by atoms with Gasteiger partial charge in [0.2, 0.25) is 5.82 Å². The van der Waals surface area contributed by atoms with E-state index in [2.05, 4.69) is 30.1 Å². The van der Waals surface area contributed by atoms with E-state index in [4.69, 9.17) is 5.53 Å². The maximum absolute atomic E-state index is 11.4.